The lowest BCUT2D eigenvalue weighted by Gasteiger charge is -2.24. The Balaban J connectivity index is 1.38. The van der Waals surface area contributed by atoms with E-state index in [1.165, 1.54) is 12.2 Å². The highest BCUT2D eigenvalue weighted by atomic mass is 19.1. The van der Waals surface area contributed by atoms with Crippen LogP contribution in [0.4, 0.5) is 4.39 Å². The second-order valence-electron chi connectivity index (χ2n) is 8.51. The van der Waals surface area contributed by atoms with Gasteiger partial charge < -0.3 is 9.64 Å². The fraction of sp³-hybridized carbons (Fsp3) is 0.308. The highest BCUT2D eigenvalue weighted by molar-refractivity contribution is 6.08. The minimum Gasteiger partial charge on any atom is -0.497 e. The first-order valence-corrected chi connectivity index (χ1v) is 11.2. The van der Waals surface area contributed by atoms with Crippen molar-refractivity contribution in [1.29, 1.82) is 0 Å². The van der Waals surface area contributed by atoms with Crippen LogP contribution >= 0.6 is 0 Å². The summed E-state index contributed by atoms with van der Waals surface area (Å²) in [5.41, 5.74) is 4.35. The SMILES string of the molecule is COc1cccc(-c2nccnc2C(=O)N(CCC2=CN=C3CC=C(F)C=C23)CC2CC2)c1. The summed E-state index contributed by atoms with van der Waals surface area (Å²) in [5, 5.41) is 0. The van der Waals surface area contributed by atoms with Gasteiger partial charge in [-0.25, -0.2) is 9.37 Å². The van der Waals surface area contributed by atoms with E-state index in [0.717, 1.165) is 35.3 Å². The molecule has 1 amide bonds. The van der Waals surface area contributed by atoms with Crippen LogP contribution in [0.3, 0.4) is 0 Å². The van der Waals surface area contributed by atoms with E-state index in [2.05, 4.69) is 15.0 Å². The molecular weight excluding hydrogens is 419 g/mol. The number of aliphatic imine (C=N–C) groups is 1. The Labute approximate surface area is 192 Å². The molecule has 1 saturated carbocycles. The maximum Gasteiger partial charge on any atom is 0.274 e. The summed E-state index contributed by atoms with van der Waals surface area (Å²) in [6.07, 6.45) is 11.4. The summed E-state index contributed by atoms with van der Waals surface area (Å²) in [6, 6.07) is 7.47. The Bertz CT molecular complexity index is 1210. The van der Waals surface area contributed by atoms with Gasteiger partial charge in [0.15, 0.2) is 5.69 Å². The molecular formula is C26H25FN4O2. The van der Waals surface area contributed by atoms with Crippen LogP contribution in [0.1, 0.15) is 36.2 Å². The van der Waals surface area contributed by atoms with Gasteiger partial charge in [-0.15, -0.1) is 0 Å². The first-order valence-electron chi connectivity index (χ1n) is 11.2. The Morgan fingerprint density at radius 3 is 2.91 bits per heavy atom. The van der Waals surface area contributed by atoms with E-state index in [0.29, 0.717) is 49.0 Å². The predicted molar refractivity (Wildman–Crippen MR) is 125 cm³/mol. The van der Waals surface area contributed by atoms with Crippen molar-refractivity contribution < 1.29 is 13.9 Å². The van der Waals surface area contributed by atoms with Crippen molar-refractivity contribution in [3.8, 4) is 17.0 Å². The zero-order chi connectivity index (χ0) is 22.8. The Kier molecular flexibility index (Phi) is 5.86. The van der Waals surface area contributed by atoms with Crippen molar-refractivity contribution in [2.45, 2.75) is 25.7 Å². The number of nitrogens with zero attached hydrogens (tertiary/aromatic N) is 4. The third-order valence-corrected chi connectivity index (χ3v) is 6.16. The molecule has 33 heavy (non-hydrogen) atoms. The summed E-state index contributed by atoms with van der Waals surface area (Å²) < 4.78 is 19.1. The molecule has 1 aromatic heterocycles. The van der Waals surface area contributed by atoms with Crippen LogP contribution < -0.4 is 4.74 Å². The molecule has 2 aromatic rings. The molecule has 0 radical (unpaired) electrons. The number of benzene rings is 1. The maximum absolute atomic E-state index is 13.8. The predicted octanol–water partition coefficient (Wildman–Crippen LogP) is 4.92. The zero-order valence-electron chi connectivity index (χ0n) is 18.5. The molecule has 1 aromatic carbocycles. The zero-order valence-corrected chi connectivity index (χ0v) is 18.5. The van der Waals surface area contributed by atoms with Gasteiger partial charge in [0.25, 0.3) is 5.91 Å². The lowest BCUT2D eigenvalue weighted by Crippen LogP contribution is -2.35. The third kappa shape index (κ3) is 4.62. The molecule has 0 saturated heterocycles. The first-order chi connectivity index (χ1) is 16.1. The molecule has 6 nitrogen and oxygen atoms in total. The van der Waals surface area contributed by atoms with Gasteiger partial charge in [0.2, 0.25) is 0 Å². The molecule has 2 aliphatic carbocycles. The number of rotatable bonds is 8. The number of carbonyl (C=O) groups excluding carboxylic acids is 1. The quantitative estimate of drug-likeness (QED) is 0.580. The molecule has 0 spiro atoms. The van der Waals surface area contributed by atoms with Gasteiger partial charge in [-0.1, -0.05) is 12.1 Å². The lowest BCUT2D eigenvalue weighted by molar-refractivity contribution is 0.0744. The molecule has 0 bridgehead atoms. The van der Waals surface area contributed by atoms with Crippen molar-refractivity contribution in [2.75, 3.05) is 20.2 Å². The molecule has 2 heterocycles. The van der Waals surface area contributed by atoms with Crippen LogP contribution in [-0.4, -0.2) is 46.7 Å². The number of hydrogen-bond acceptors (Lipinski definition) is 5. The number of methoxy groups -OCH3 is 1. The largest absolute Gasteiger partial charge is 0.497 e. The highest BCUT2D eigenvalue weighted by Crippen LogP contribution is 2.33. The lowest BCUT2D eigenvalue weighted by atomic mass is 9.95. The number of hydrogen-bond donors (Lipinski definition) is 0. The number of ether oxygens (including phenoxy) is 1. The van der Waals surface area contributed by atoms with Gasteiger partial charge in [0.05, 0.1) is 12.8 Å². The molecule has 168 valence electrons. The number of aromatic nitrogens is 2. The molecule has 1 aliphatic heterocycles. The monoisotopic (exact) mass is 444 g/mol. The third-order valence-electron chi connectivity index (χ3n) is 6.16. The molecule has 0 atom stereocenters. The normalized spacial score (nSPS) is 16.9. The Morgan fingerprint density at radius 1 is 1.24 bits per heavy atom. The fourth-order valence-electron chi connectivity index (χ4n) is 4.18. The maximum atomic E-state index is 13.8. The number of halogens is 1. The molecule has 0 unspecified atom stereocenters. The number of amides is 1. The van der Waals surface area contributed by atoms with Gasteiger partial charge in [-0.05, 0) is 55.0 Å². The first kappa shape index (κ1) is 21.2. The number of allylic oxidation sites excluding steroid dienone is 4. The fourth-order valence-corrected chi connectivity index (χ4v) is 4.18. The summed E-state index contributed by atoms with van der Waals surface area (Å²) in [4.78, 5) is 28.8. The minimum atomic E-state index is -0.231. The van der Waals surface area contributed by atoms with Crippen LogP contribution in [-0.2, 0) is 0 Å². The van der Waals surface area contributed by atoms with Gasteiger partial charge in [0, 0.05) is 49.2 Å². The Hall–Kier alpha value is -3.61. The summed E-state index contributed by atoms with van der Waals surface area (Å²) in [7, 11) is 1.61. The number of carbonyl (C=O) groups is 1. The van der Waals surface area contributed by atoms with Crippen LogP contribution in [0.2, 0.25) is 0 Å². The van der Waals surface area contributed by atoms with Crippen molar-refractivity contribution in [1.82, 2.24) is 14.9 Å². The van der Waals surface area contributed by atoms with E-state index in [1.807, 2.05) is 29.2 Å². The van der Waals surface area contributed by atoms with Crippen molar-refractivity contribution >= 4 is 11.6 Å². The topological polar surface area (TPSA) is 67.7 Å². The average Bonchev–Trinajstić information content (AvgIpc) is 3.59. The average molecular weight is 445 g/mol. The van der Waals surface area contributed by atoms with Gasteiger partial charge >= 0.3 is 0 Å². The van der Waals surface area contributed by atoms with Crippen molar-refractivity contribution in [2.24, 2.45) is 10.9 Å². The summed E-state index contributed by atoms with van der Waals surface area (Å²) in [6.45, 7) is 1.20. The standard InChI is InChI=1S/C26H25FN4O2/c1-33-21-4-2-3-18(13-21)24-25(29-11-10-28-24)26(32)31(16-17-5-6-17)12-9-19-15-30-23-8-7-20(27)14-22(19)23/h2-4,7,10-11,13-15,17H,5-6,8-9,12,16H2,1H3. The van der Waals surface area contributed by atoms with Crippen molar-refractivity contribution in [3.63, 3.8) is 0 Å². The Morgan fingerprint density at radius 2 is 2.09 bits per heavy atom. The smallest absolute Gasteiger partial charge is 0.274 e. The minimum absolute atomic E-state index is 0.142. The molecule has 0 N–H and O–H groups in total. The van der Waals surface area contributed by atoms with E-state index in [9.17, 15) is 9.18 Å². The second-order valence-corrected chi connectivity index (χ2v) is 8.51. The van der Waals surface area contributed by atoms with E-state index >= 15 is 0 Å². The van der Waals surface area contributed by atoms with E-state index in [-0.39, 0.29) is 11.7 Å². The summed E-state index contributed by atoms with van der Waals surface area (Å²) in [5.74, 6) is 0.836. The van der Waals surface area contributed by atoms with Crippen LogP contribution in [0, 0.1) is 5.92 Å². The van der Waals surface area contributed by atoms with Crippen LogP contribution in [0.25, 0.3) is 11.3 Å². The van der Waals surface area contributed by atoms with Gasteiger partial charge in [-0.2, -0.15) is 0 Å². The van der Waals surface area contributed by atoms with Gasteiger partial charge in [0.1, 0.15) is 17.3 Å². The van der Waals surface area contributed by atoms with Gasteiger partial charge in [-0.3, -0.25) is 14.8 Å². The highest BCUT2D eigenvalue weighted by Gasteiger charge is 2.30. The van der Waals surface area contributed by atoms with E-state index < -0.39 is 0 Å². The van der Waals surface area contributed by atoms with Crippen LogP contribution in [0.5, 0.6) is 5.75 Å². The van der Waals surface area contributed by atoms with Crippen molar-refractivity contribution in [3.05, 3.63) is 77.7 Å². The number of fused-ring (bicyclic) bond motifs is 1. The van der Waals surface area contributed by atoms with E-state index in [4.69, 9.17) is 4.74 Å². The summed E-state index contributed by atoms with van der Waals surface area (Å²) >= 11 is 0. The molecule has 5 rings (SSSR count). The molecule has 1 fully saturated rings. The van der Waals surface area contributed by atoms with Crippen LogP contribution in [0.15, 0.2) is 77.0 Å². The molecule has 7 heteroatoms. The van der Waals surface area contributed by atoms with E-state index in [1.54, 1.807) is 25.7 Å². The molecule has 3 aliphatic rings. The second kappa shape index (κ2) is 9.10.